The second-order valence-corrected chi connectivity index (χ2v) is 8.72. The van der Waals surface area contributed by atoms with E-state index in [-0.39, 0.29) is 15.9 Å². The van der Waals surface area contributed by atoms with Crippen LogP contribution in [0.5, 0.6) is 0 Å². The molecule has 0 saturated carbocycles. The predicted octanol–water partition coefficient (Wildman–Crippen LogP) is 4.39. The van der Waals surface area contributed by atoms with Crippen LogP contribution in [0.2, 0.25) is 0 Å². The average Bonchev–Trinajstić information content (AvgIpc) is 2.96. The third-order valence-electron chi connectivity index (χ3n) is 3.87. The number of hydrogen-bond acceptors (Lipinski definition) is 5. The molecule has 0 aliphatic heterocycles. The topological polar surface area (TPSA) is 77.2 Å². The maximum atomic E-state index is 13.0. The molecule has 14 heteroatoms. The second kappa shape index (κ2) is 6.93. The molecule has 0 amide bonds. The molecular formula is C15H9BrF6N4O2S. The van der Waals surface area contributed by atoms with E-state index in [1.807, 2.05) is 0 Å². The normalized spacial score (nSPS) is 13.2. The summed E-state index contributed by atoms with van der Waals surface area (Å²) in [5.74, 6) is -0.520. The van der Waals surface area contributed by atoms with Crippen molar-refractivity contribution in [2.45, 2.75) is 24.2 Å². The van der Waals surface area contributed by atoms with Crippen molar-refractivity contribution in [2.75, 3.05) is 5.75 Å². The fraction of sp³-hybridized carbons (Fsp3) is 0.267. The smallest absolute Gasteiger partial charge is 0.276 e. The van der Waals surface area contributed by atoms with E-state index in [1.54, 1.807) is 0 Å². The second-order valence-electron chi connectivity index (χ2n) is 5.72. The summed E-state index contributed by atoms with van der Waals surface area (Å²) in [7, 11) is -4.17. The molecule has 0 spiro atoms. The van der Waals surface area contributed by atoms with Gasteiger partial charge in [-0.1, -0.05) is 6.92 Å². The van der Waals surface area contributed by atoms with E-state index in [0.717, 1.165) is 10.7 Å². The Bertz CT molecular complexity index is 1200. The van der Waals surface area contributed by atoms with Crippen molar-refractivity contribution in [3.05, 3.63) is 40.5 Å². The summed E-state index contributed by atoms with van der Waals surface area (Å²) in [5.41, 5.74) is -3.45. The van der Waals surface area contributed by atoms with Crippen LogP contribution >= 0.6 is 15.9 Å². The Morgan fingerprint density at radius 1 is 1.03 bits per heavy atom. The van der Waals surface area contributed by atoms with Crippen LogP contribution in [0.25, 0.3) is 17.0 Å². The summed E-state index contributed by atoms with van der Waals surface area (Å²) >= 11 is 3.07. The molecule has 29 heavy (non-hydrogen) atoms. The summed E-state index contributed by atoms with van der Waals surface area (Å²) in [5, 5.41) is 0. The highest BCUT2D eigenvalue weighted by molar-refractivity contribution is 9.10. The monoisotopic (exact) mass is 502 g/mol. The Labute approximate surface area is 167 Å². The van der Waals surface area contributed by atoms with E-state index >= 15 is 0 Å². The van der Waals surface area contributed by atoms with Crippen molar-refractivity contribution in [1.29, 1.82) is 0 Å². The van der Waals surface area contributed by atoms with Gasteiger partial charge in [-0.05, 0) is 22.0 Å². The average molecular weight is 503 g/mol. The first-order valence-electron chi connectivity index (χ1n) is 7.67. The van der Waals surface area contributed by atoms with E-state index in [4.69, 9.17) is 0 Å². The Morgan fingerprint density at radius 3 is 2.24 bits per heavy atom. The molecule has 0 fully saturated rings. The molecule has 0 aromatic carbocycles. The van der Waals surface area contributed by atoms with Crippen LogP contribution < -0.4 is 0 Å². The molecule has 6 nitrogen and oxygen atoms in total. The molecule has 3 heterocycles. The number of imidazole rings is 1. The zero-order chi connectivity index (χ0) is 21.8. The van der Waals surface area contributed by atoms with Gasteiger partial charge < -0.3 is 0 Å². The fourth-order valence-corrected chi connectivity index (χ4v) is 4.01. The highest BCUT2D eigenvalue weighted by atomic mass is 79.9. The largest absolute Gasteiger partial charge is 0.433 e. The summed E-state index contributed by atoms with van der Waals surface area (Å²) in [6, 6.07) is 1.04. The standard InChI is InChI=1S/C15H9BrF6N4O2S/c1-2-29(27,28)8-3-7(14(17,18)19)5-23-11(8)12-13(16)26-6-24-9(15(20,21)22)4-10(26)25-12/h3-6H,2H2,1H3. The molecule has 3 aromatic rings. The first kappa shape index (κ1) is 21.5. The van der Waals surface area contributed by atoms with Crippen molar-refractivity contribution >= 4 is 31.4 Å². The Balaban J connectivity index is 2.30. The van der Waals surface area contributed by atoms with E-state index in [1.165, 1.54) is 6.92 Å². The highest BCUT2D eigenvalue weighted by Crippen LogP contribution is 2.37. The van der Waals surface area contributed by atoms with Crippen LogP contribution in [0.3, 0.4) is 0 Å². The molecule has 0 saturated heterocycles. The Kier molecular flexibility index (Phi) is 5.14. The molecule has 0 unspecified atom stereocenters. The summed E-state index contributed by atoms with van der Waals surface area (Å²) < 4.78 is 103. The zero-order valence-electron chi connectivity index (χ0n) is 14.2. The lowest BCUT2D eigenvalue weighted by Gasteiger charge is -2.11. The van der Waals surface area contributed by atoms with E-state index < -0.39 is 49.8 Å². The van der Waals surface area contributed by atoms with Gasteiger partial charge in [-0.15, -0.1) is 0 Å². The van der Waals surface area contributed by atoms with Gasteiger partial charge in [0.25, 0.3) is 0 Å². The van der Waals surface area contributed by atoms with Crippen LogP contribution in [0.1, 0.15) is 18.2 Å². The predicted molar refractivity (Wildman–Crippen MR) is 91.6 cm³/mol. The van der Waals surface area contributed by atoms with Gasteiger partial charge in [0.15, 0.2) is 9.84 Å². The maximum absolute atomic E-state index is 13.0. The lowest BCUT2D eigenvalue weighted by Crippen LogP contribution is -2.12. The summed E-state index contributed by atoms with van der Waals surface area (Å²) in [4.78, 5) is 10.1. The van der Waals surface area contributed by atoms with Gasteiger partial charge in [0, 0.05) is 12.3 Å². The van der Waals surface area contributed by atoms with Gasteiger partial charge >= 0.3 is 12.4 Å². The number of hydrogen-bond donors (Lipinski definition) is 0. The first-order chi connectivity index (χ1) is 13.3. The van der Waals surface area contributed by atoms with Gasteiger partial charge in [-0.2, -0.15) is 26.3 Å². The van der Waals surface area contributed by atoms with Gasteiger partial charge in [0.1, 0.15) is 33.7 Å². The SMILES string of the molecule is CCS(=O)(=O)c1cc(C(F)(F)F)cnc1-c1nc2cc(C(F)(F)F)ncn2c1Br. The number of halogens is 7. The molecule has 0 aliphatic carbocycles. The van der Waals surface area contributed by atoms with Crippen LogP contribution in [-0.4, -0.2) is 33.5 Å². The van der Waals surface area contributed by atoms with Gasteiger partial charge in [-0.25, -0.2) is 18.4 Å². The molecule has 3 aromatic heterocycles. The highest BCUT2D eigenvalue weighted by Gasteiger charge is 2.35. The minimum atomic E-state index is -4.84. The molecule has 0 atom stereocenters. The number of pyridine rings is 1. The number of rotatable bonds is 3. The number of aromatic nitrogens is 4. The quantitative estimate of drug-likeness (QED) is 0.496. The molecule has 156 valence electrons. The van der Waals surface area contributed by atoms with Crippen LogP contribution in [-0.2, 0) is 22.2 Å². The summed E-state index contributed by atoms with van der Waals surface area (Å²) in [6.07, 6.45) is -8.36. The molecule has 0 N–H and O–H groups in total. The third-order valence-corrected chi connectivity index (χ3v) is 6.37. The van der Waals surface area contributed by atoms with Gasteiger partial charge in [0.2, 0.25) is 0 Å². The van der Waals surface area contributed by atoms with Gasteiger partial charge in [0.05, 0.1) is 16.2 Å². The molecule has 0 aliphatic rings. The van der Waals surface area contributed by atoms with Crippen LogP contribution in [0, 0.1) is 0 Å². The lowest BCUT2D eigenvalue weighted by atomic mass is 10.2. The first-order valence-corrected chi connectivity index (χ1v) is 10.1. The number of nitrogens with zero attached hydrogens (tertiary/aromatic N) is 4. The van der Waals surface area contributed by atoms with E-state index in [0.29, 0.717) is 18.3 Å². The molecule has 0 bridgehead atoms. The van der Waals surface area contributed by atoms with Crippen molar-refractivity contribution < 1.29 is 34.8 Å². The number of alkyl halides is 6. The lowest BCUT2D eigenvalue weighted by molar-refractivity contribution is -0.141. The van der Waals surface area contributed by atoms with Crippen molar-refractivity contribution in [2.24, 2.45) is 0 Å². The molecule has 0 radical (unpaired) electrons. The third kappa shape index (κ3) is 3.95. The number of fused-ring (bicyclic) bond motifs is 1. The zero-order valence-corrected chi connectivity index (χ0v) is 16.6. The minimum Gasteiger partial charge on any atom is -0.276 e. The van der Waals surface area contributed by atoms with Crippen molar-refractivity contribution in [3.63, 3.8) is 0 Å². The van der Waals surface area contributed by atoms with Crippen molar-refractivity contribution in [3.8, 4) is 11.4 Å². The number of sulfone groups is 1. The molecular weight excluding hydrogens is 494 g/mol. The summed E-state index contributed by atoms with van der Waals surface area (Å²) in [6.45, 7) is 1.23. The Morgan fingerprint density at radius 2 is 1.69 bits per heavy atom. The van der Waals surface area contributed by atoms with Gasteiger partial charge in [-0.3, -0.25) is 9.38 Å². The minimum absolute atomic E-state index is 0.0199. The maximum Gasteiger partial charge on any atom is 0.433 e. The van der Waals surface area contributed by atoms with Crippen LogP contribution in [0.4, 0.5) is 26.3 Å². The van der Waals surface area contributed by atoms with Crippen LogP contribution in [0.15, 0.2) is 34.2 Å². The van der Waals surface area contributed by atoms with E-state index in [9.17, 15) is 34.8 Å². The Hall–Kier alpha value is -2.22. The van der Waals surface area contributed by atoms with E-state index in [2.05, 4.69) is 30.9 Å². The molecule has 3 rings (SSSR count). The van der Waals surface area contributed by atoms with Crippen molar-refractivity contribution in [1.82, 2.24) is 19.4 Å². The fourth-order valence-electron chi connectivity index (χ4n) is 2.40.